The number of halogens is 2. The number of carbonyl (C=O) groups excluding carboxylic acids is 2. The molecule has 0 aliphatic carbocycles. The number of esters is 1. The van der Waals surface area contributed by atoms with Crippen molar-refractivity contribution >= 4 is 11.9 Å². The number of nitrogens with zero attached hydrogens (tertiary/aromatic N) is 3. The first-order valence-electron chi connectivity index (χ1n) is 11.5. The second-order valence-corrected chi connectivity index (χ2v) is 8.27. The van der Waals surface area contributed by atoms with Gasteiger partial charge in [0, 0.05) is 61.7 Å². The number of rotatable bonds is 7. The summed E-state index contributed by atoms with van der Waals surface area (Å²) in [6.45, 7) is 0.664. The average Bonchev–Trinajstić information content (AvgIpc) is 3.10. The van der Waals surface area contributed by atoms with E-state index in [1.807, 2.05) is 12.1 Å². The Labute approximate surface area is 206 Å². The predicted octanol–water partition coefficient (Wildman–Crippen LogP) is 2.56. The van der Waals surface area contributed by atoms with E-state index in [0.717, 1.165) is 23.9 Å². The van der Waals surface area contributed by atoms with Gasteiger partial charge >= 0.3 is 5.97 Å². The van der Waals surface area contributed by atoms with Crippen molar-refractivity contribution in [3.63, 3.8) is 0 Å². The highest BCUT2D eigenvalue weighted by Gasteiger charge is 2.27. The quantitative estimate of drug-likeness (QED) is 0.466. The summed E-state index contributed by atoms with van der Waals surface area (Å²) in [5, 5.41) is 0. The number of aromatic nitrogens is 2. The highest BCUT2D eigenvalue weighted by Crippen LogP contribution is 2.24. The van der Waals surface area contributed by atoms with Crippen molar-refractivity contribution in [2.75, 3.05) is 26.8 Å². The molecule has 1 aliphatic rings. The summed E-state index contributed by atoms with van der Waals surface area (Å²) in [4.78, 5) is 44.2. The van der Waals surface area contributed by atoms with Crippen LogP contribution in [0.25, 0.3) is 0 Å². The highest BCUT2D eigenvalue weighted by atomic mass is 19.1. The molecular formula is C26H25F2N3O5. The Hall–Kier alpha value is -4.08. The second kappa shape index (κ2) is 11.1. The first-order valence-corrected chi connectivity index (χ1v) is 11.5. The van der Waals surface area contributed by atoms with Gasteiger partial charge in [-0.1, -0.05) is 6.07 Å². The molecule has 3 aromatic rings. The number of fused-ring (bicyclic) bond motifs is 1. The minimum absolute atomic E-state index is 0.0437. The van der Waals surface area contributed by atoms with Crippen molar-refractivity contribution in [2.24, 2.45) is 0 Å². The van der Waals surface area contributed by atoms with Crippen LogP contribution < -0.4 is 10.3 Å². The third-order valence-electron chi connectivity index (χ3n) is 6.03. The van der Waals surface area contributed by atoms with Gasteiger partial charge < -0.3 is 18.9 Å². The maximum absolute atomic E-state index is 14.0. The van der Waals surface area contributed by atoms with E-state index >= 15 is 0 Å². The topological polar surface area (TPSA) is 90.7 Å². The summed E-state index contributed by atoms with van der Waals surface area (Å²) in [7, 11) is 1.24. The molecule has 2 aromatic heterocycles. The molecule has 3 heterocycles. The maximum atomic E-state index is 14.0. The lowest BCUT2D eigenvalue weighted by atomic mass is 10.1. The molecule has 0 unspecified atom stereocenters. The summed E-state index contributed by atoms with van der Waals surface area (Å²) in [5.74, 6) is -2.26. The van der Waals surface area contributed by atoms with Gasteiger partial charge in [-0.3, -0.25) is 14.6 Å². The zero-order valence-corrected chi connectivity index (χ0v) is 19.7. The van der Waals surface area contributed by atoms with Crippen LogP contribution in [0, 0.1) is 11.6 Å². The van der Waals surface area contributed by atoms with E-state index in [0.29, 0.717) is 12.1 Å². The number of methoxy groups -OCH3 is 1. The van der Waals surface area contributed by atoms with Crippen LogP contribution in [0.4, 0.5) is 8.78 Å². The highest BCUT2D eigenvalue weighted by molar-refractivity contribution is 5.93. The van der Waals surface area contributed by atoms with Crippen LogP contribution in [0.3, 0.4) is 0 Å². The van der Waals surface area contributed by atoms with Gasteiger partial charge in [-0.15, -0.1) is 0 Å². The molecule has 0 saturated carbocycles. The Morgan fingerprint density at radius 3 is 2.67 bits per heavy atom. The van der Waals surface area contributed by atoms with E-state index < -0.39 is 23.5 Å². The van der Waals surface area contributed by atoms with Crippen LogP contribution in [0.1, 0.15) is 27.3 Å². The fourth-order valence-electron chi connectivity index (χ4n) is 4.20. The molecule has 1 aromatic carbocycles. The van der Waals surface area contributed by atoms with Crippen molar-refractivity contribution in [3.8, 4) is 5.75 Å². The summed E-state index contributed by atoms with van der Waals surface area (Å²) >= 11 is 0. The van der Waals surface area contributed by atoms with E-state index in [-0.39, 0.29) is 61.5 Å². The van der Waals surface area contributed by atoms with Gasteiger partial charge in [-0.2, -0.15) is 0 Å². The molecule has 188 valence electrons. The lowest BCUT2D eigenvalue weighted by molar-refractivity contribution is -0.130. The van der Waals surface area contributed by atoms with Crippen LogP contribution in [0.5, 0.6) is 5.75 Å². The molecule has 8 nitrogen and oxygen atoms in total. The molecule has 0 radical (unpaired) electrons. The van der Waals surface area contributed by atoms with E-state index in [9.17, 15) is 23.2 Å². The molecule has 0 bridgehead atoms. The lowest BCUT2D eigenvalue weighted by Crippen LogP contribution is -2.35. The molecule has 1 amide bonds. The predicted molar refractivity (Wildman–Crippen MR) is 126 cm³/mol. The van der Waals surface area contributed by atoms with Crippen LogP contribution in [-0.2, 0) is 35.3 Å². The number of hydrogen-bond acceptors (Lipinski definition) is 6. The normalized spacial score (nSPS) is 13.0. The first-order chi connectivity index (χ1) is 17.4. The summed E-state index contributed by atoms with van der Waals surface area (Å²) in [5.41, 5.74) is 0.902. The Morgan fingerprint density at radius 2 is 1.92 bits per heavy atom. The SMILES string of the molecule is COC(=O)c1c(OCCc2ccccn2)cc(=O)n2c1CCN(C(=O)Cc1cc(F)ccc1F)CC2. The van der Waals surface area contributed by atoms with Crippen molar-refractivity contribution in [1.29, 1.82) is 0 Å². The number of benzene rings is 1. The largest absolute Gasteiger partial charge is 0.492 e. The number of carbonyl (C=O) groups is 2. The average molecular weight is 497 g/mol. The molecular weight excluding hydrogens is 472 g/mol. The molecule has 1 aliphatic heterocycles. The van der Waals surface area contributed by atoms with Crippen LogP contribution in [0.15, 0.2) is 53.5 Å². The van der Waals surface area contributed by atoms with E-state index in [1.54, 1.807) is 12.3 Å². The van der Waals surface area contributed by atoms with Crippen molar-refractivity contribution < 1.29 is 27.8 Å². The number of ether oxygens (including phenoxy) is 2. The van der Waals surface area contributed by atoms with E-state index in [2.05, 4.69) is 4.98 Å². The van der Waals surface area contributed by atoms with Gasteiger partial charge in [0.1, 0.15) is 22.9 Å². The summed E-state index contributed by atoms with van der Waals surface area (Å²) in [6.07, 6.45) is 1.99. The summed E-state index contributed by atoms with van der Waals surface area (Å²) in [6, 6.07) is 9.71. The minimum Gasteiger partial charge on any atom is -0.492 e. The molecule has 4 rings (SSSR count). The molecule has 10 heteroatoms. The zero-order valence-electron chi connectivity index (χ0n) is 19.7. The standard InChI is InChI=1S/C26H25F2N3O5/c1-35-26(34)25-21-7-10-30(23(32)15-17-14-18(27)5-6-20(17)28)11-12-31(21)24(33)16-22(25)36-13-8-19-4-2-3-9-29-19/h2-6,9,14,16H,7-8,10-13,15H2,1H3. The fourth-order valence-corrected chi connectivity index (χ4v) is 4.20. The number of hydrogen-bond donors (Lipinski definition) is 0. The Morgan fingerprint density at radius 1 is 1.08 bits per heavy atom. The van der Waals surface area contributed by atoms with E-state index in [1.165, 1.54) is 22.6 Å². The van der Waals surface area contributed by atoms with Crippen molar-refractivity contribution in [2.45, 2.75) is 25.8 Å². The smallest absolute Gasteiger partial charge is 0.343 e. The molecule has 0 fully saturated rings. The third-order valence-corrected chi connectivity index (χ3v) is 6.03. The van der Waals surface area contributed by atoms with Gasteiger partial charge in [0.15, 0.2) is 0 Å². The Balaban J connectivity index is 1.55. The van der Waals surface area contributed by atoms with Crippen molar-refractivity contribution in [1.82, 2.24) is 14.5 Å². The van der Waals surface area contributed by atoms with Gasteiger partial charge in [0.05, 0.1) is 20.1 Å². The second-order valence-electron chi connectivity index (χ2n) is 8.27. The molecule has 0 saturated heterocycles. The molecule has 0 N–H and O–H groups in total. The maximum Gasteiger partial charge on any atom is 0.343 e. The minimum atomic E-state index is -0.667. The monoisotopic (exact) mass is 497 g/mol. The summed E-state index contributed by atoms with van der Waals surface area (Å²) < 4.78 is 39.7. The lowest BCUT2D eigenvalue weighted by Gasteiger charge is -2.20. The number of amides is 1. The van der Waals surface area contributed by atoms with Gasteiger partial charge in [-0.05, 0) is 30.3 Å². The Bertz CT molecular complexity index is 1330. The Kier molecular flexibility index (Phi) is 7.72. The van der Waals surface area contributed by atoms with Crippen LogP contribution >= 0.6 is 0 Å². The first kappa shape index (κ1) is 25.0. The van der Waals surface area contributed by atoms with Gasteiger partial charge in [-0.25, -0.2) is 13.6 Å². The molecule has 0 spiro atoms. The van der Waals surface area contributed by atoms with Gasteiger partial charge in [0.2, 0.25) is 5.91 Å². The van der Waals surface area contributed by atoms with Gasteiger partial charge in [0.25, 0.3) is 5.56 Å². The van der Waals surface area contributed by atoms with Crippen LogP contribution in [-0.4, -0.2) is 53.1 Å². The molecule has 36 heavy (non-hydrogen) atoms. The zero-order chi connectivity index (χ0) is 25.7. The fraction of sp³-hybridized carbons (Fsp3) is 0.308. The number of pyridine rings is 2. The molecule has 0 atom stereocenters. The van der Waals surface area contributed by atoms with Crippen LogP contribution in [0.2, 0.25) is 0 Å². The third kappa shape index (κ3) is 5.59. The van der Waals surface area contributed by atoms with E-state index in [4.69, 9.17) is 9.47 Å². The van der Waals surface area contributed by atoms with Crippen molar-refractivity contribution in [3.05, 3.63) is 93.2 Å².